The number of anilines is 2. The van der Waals surface area contributed by atoms with E-state index < -0.39 is 17.6 Å². The van der Waals surface area contributed by atoms with Crippen LogP contribution in [0.15, 0.2) is 30.6 Å². The number of nitrogens with zero attached hydrogens (tertiary/aromatic N) is 3. The third-order valence-corrected chi connectivity index (χ3v) is 4.37. The first-order chi connectivity index (χ1) is 14.5. The monoisotopic (exact) mass is 457 g/mol. The van der Waals surface area contributed by atoms with Gasteiger partial charge in [0, 0.05) is 44.5 Å². The number of hydrogen-bond donors (Lipinski definition) is 4. The molecule has 0 spiro atoms. The Hall–Kier alpha value is -3.21. The predicted octanol–water partition coefficient (Wildman–Crippen LogP) is 3.98. The van der Waals surface area contributed by atoms with E-state index in [1.54, 1.807) is 12.1 Å². The zero-order chi connectivity index (χ0) is 23.6. The van der Waals surface area contributed by atoms with Crippen LogP contribution in [0.25, 0.3) is 0 Å². The fraction of sp³-hybridized carbons (Fsp3) is 0.316. The van der Waals surface area contributed by atoms with Gasteiger partial charge < -0.3 is 26.8 Å². The van der Waals surface area contributed by atoms with Crippen LogP contribution in [0.2, 0.25) is 5.02 Å². The molecular formula is C19H23ClF3N7O. The quantitative estimate of drug-likeness (QED) is 0.467. The van der Waals surface area contributed by atoms with E-state index in [9.17, 15) is 18.0 Å². The summed E-state index contributed by atoms with van der Waals surface area (Å²) in [6.45, 7) is 2.21. The summed E-state index contributed by atoms with van der Waals surface area (Å²) in [5.41, 5.74) is 4.32. The van der Waals surface area contributed by atoms with Crippen molar-refractivity contribution in [2.75, 3.05) is 24.6 Å². The number of carbonyl (C=O) groups excluding carboxylic acids is 1. The Kier molecular flexibility index (Phi) is 9.87. The Labute approximate surface area is 182 Å². The first-order valence-corrected chi connectivity index (χ1v) is 9.37. The smallest absolute Gasteiger partial charge is 0.383 e. The Morgan fingerprint density at radius 1 is 1.29 bits per heavy atom. The van der Waals surface area contributed by atoms with Gasteiger partial charge in [-0.3, -0.25) is 4.79 Å². The van der Waals surface area contributed by atoms with Gasteiger partial charge in [0.2, 0.25) is 0 Å². The number of halogens is 4. The van der Waals surface area contributed by atoms with Gasteiger partial charge >= 0.3 is 6.18 Å². The van der Waals surface area contributed by atoms with Crippen LogP contribution in [-0.2, 0) is 6.18 Å². The van der Waals surface area contributed by atoms with Gasteiger partial charge in [0.25, 0.3) is 5.91 Å². The minimum atomic E-state index is -4.61. The van der Waals surface area contributed by atoms with E-state index in [0.29, 0.717) is 30.0 Å². The highest BCUT2D eigenvalue weighted by Crippen LogP contribution is 2.30. The van der Waals surface area contributed by atoms with Gasteiger partial charge in [-0.15, -0.1) is 0 Å². The fourth-order valence-corrected chi connectivity index (χ4v) is 2.53. The summed E-state index contributed by atoms with van der Waals surface area (Å²) in [4.78, 5) is 21.6. The number of alkyl halides is 3. The molecule has 0 aliphatic heterocycles. The van der Waals surface area contributed by atoms with E-state index in [2.05, 4.69) is 15.3 Å². The molecule has 168 valence electrons. The molecule has 0 aliphatic carbocycles. The molecule has 2 aromatic heterocycles. The van der Waals surface area contributed by atoms with Gasteiger partial charge in [-0.25, -0.2) is 9.97 Å². The number of nitrogens with one attached hydrogen (secondary N) is 3. The summed E-state index contributed by atoms with van der Waals surface area (Å²) < 4.78 is 38.7. The number of rotatable bonds is 7. The molecule has 1 atom stereocenters. The van der Waals surface area contributed by atoms with Crippen LogP contribution in [-0.4, -0.2) is 52.8 Å². The highest BCUT2D eigenvalue weighted by molar-refractivity contribution is 6.30. The Morgan fingerprint density at radius 2 is 1.94 bits per heavy atom. The lowest BCUT2D eigenvalue weighted by Crippen LogP contribution is -2.41. The van der Waals surface area contributed by atoms with Crippen molar-refractivity contribution < 1.29 is 18.0 Å². The maximum absolute atomic E-state index is 12.9. The molecule has 0 saturated heterocycles. The van der Waals surface area contributed by atoms with Crippen molar-refractivity contribution in [1.82, 2.24) is 14.9 Å². The first-order valence-electron chi connectivity index (χ1n) is 8.99. The molecule has 2 aromatic rings. The summed E-state index contributed by atoms with van der Waals surface area (Å²) in [6, 6.07) is 3.78. The number of likely N-dealkylation sites (N-methyl/N-ethyl adjacent to an activating group) is 1. The van der Waals surface area contributed by atoms with Crippen LogP contribution in [0.1, 0.15) is 29.3 Å². The Morgan fingerprint density at radius 3 is 2.42 bits per heavy atom. The molecule has 5 N–H and O–H groups in total. The fourth-order valence-electron chi connectivity index (χ4n) is 2.42. The molecule has 31 heavy (non-hydrogen) atoms. The molecule has 2 heterocycles. The van der Waals surface area contributed by atoms with Crippen molar-refractivity contribution in [3.8, 4) is 0 Å². The van der Waals surface area contributed by atoms with Crippen LogP contribution < -0.4 is 11.1 Å². The largest absolute Gasteiger partial charge is 0.417 e. The maximum atomic E-state index is 12.9. The third kappa shape index (κ3) is 7.85. The maximum Gasteiger partial charge on any atom is 0.417 e. The molecule has 0 fully saturated rings. The molecule has 2 rings (SSSR count). The summed E-state index contributed by atoms with van der Waals surface area (Å²) in [7, 11) is 1.51. The van der Waals surface area contributed by atoms with Crippen LogP contribution in [0.3, 0.4) is 0 Å². The lowest BCUT2D eigenvalue weighted by Gasteiger charge is -2.28. The number of pyridine rings is 2. The van der Waals surface area contributed by atoms with Gasteiger partial charge in [0.15, 0.2) is 0 Å². The number of carbonyl (C=O) groups is 1. The van der Waals surface area contributed by atoms with Crippen molar-refractivity contribution in [3.63, 3.8) is 0 Å². The van der Waals surface area contributed by atoms with Crippen LogP contribution in [0, 0.1) is 10.8 Å². The molecule has 8 nitrogen and oxygen atoms in total. The second-order valence-corrected chi connectivity index (χ2v) is 6.65. The van der Waals surface area contributed by atoms with E-state index in [4.69, 9.17) is 28.2 Å². The number of nitrogens with two attached hydrogens (primary N) is 1. The molecular weight excluding hydrogens is 435 g/mol. The number of aromatic nitrogens is 2. The van der Waals surface area contributed by atoms with E-state index >= 15 is 0 Å². The third-order valence-electron chi connectivity index (χ3n) is 4.15. The average Bonchev–Trinajstić information content (AvgIpc) is 2.74. The predicted molar refractivity (Wildman–Crippen MR) is 115 cm³/mol. The highest BCUT2D eigenvalue weighted by Gasteiger charge is 2.33. The second kappa shape index (κ2) is 11.8. The summed E-state index contributed by atoms with van der Waals surface area (Å²) in [6.07, 6.45) is -0.124. The van der Waals surface area contributed by atoms with Crippen molar-refractivity contribution in [2.45, 2.75) is 25.6 Å². The first kappa shape index (κ1) is 25.8. The average molecular weight is 458 g/mol. The van der Waals surface area contributed by atoms with E-state index in [1.165, 1.54) is 18.1 Å². The van der Waals surface area contributed by atoms with Crippen LogP contribution in [0.4, 0.5) is 24.8 Å². The lowest BCUT2D eigenvalue weighted by molar-refractivity contribution is -0.137. The highest BCUT2D eigenvalue weighted by atomic mass is 35.5. The normalized spacial score (nSPS) is 11.5. The van der Waals surface area contributed by atoms with E-state index in [0.717, 1.165) is 18.5 Å². The van der Waals surface area contributed by atoms with Crippen LogP contribution in [0.5, 0.6) is 0 Å². The molecule has 1 amide bonds. The van der Waals surface area contributed by atoms with Gasteiger partial charge in [-0.2, -0.15) is 13.2 Å². The van der Waals surface area contributed by atoms with E-state index in [1.807, 2.05) is 6.92 Å². The van der Waals surface area contributed by atoms with Gasteiger partial charge in [0.1, 0.15) is 11.6 Å². The SMILES string of the molecule is CCC(CNc1ccc(Cl)cn1)N(C)C(=O)c1cc(C(F)(F)F)cnc1N.N=CC=N. The van der Waals surface area contributed by atoms with Crippen LogP contribution >= 0.6 is 11.6 Å². The summed E-state index contributed by atoms with van der Waals surface area (Å²) in [5.74, 6) is -0.315. The zero-order valence-corrected chi connectivity index (χ0v) is 17.6. The molecule has 1 unspecified atom stereocenters. The topological polar surface area (TPSA) is 132 Å². The van der Waals surface area contributed by atoms with Gasteiger partial charge in [-0.1, -0.05) is 18.5 Å². The lowest BCUT2D eigenvalue weighted by atomic mass is 10.1. The Bertz CT molecular complexity index is 885. The zero-order valence-electron chi connectivity index (χ0n) is 16.9. The molecule has 0 aliphatic rings. The van der Waals surface area contributed by atoms with Crippen molar-refractivity contribution in [2.24, 2.45) is 0 Å². The summed E-state index contributed by atoms with van der Waals surface area (Å²) >= 11 is 5.78. The minimum absolute atomic E-state index is 0.248. The summed E-state index contributed by atoms with van der Waals surface area (Å²) in [5, 5.41) is 15.7. The molecule has 0 bridgehead atoms. The van der Waals surface area contributed by atoms with E-state index in [-0.39, 0.29) is 17.4 Å². The molecule has 0 saturated carbocycles. The van der Waals surface area contributed by atoms with Crippen molar-refractivity contribution in [3.05, 3.63) is 46.7 Å². The molecule has 12 heteroatoms. The second-order valence-electron chi connectivity index (χ2n) is 6.21. The number of amides is 1. The van der Waals surface area contributed by atoms with Gasteiger partial charge in [0.05, 0.1) is 16.1 Å². The van der Waals surface area contributed by atoms with Crippen molar-refractivity contribution in [1.29, 1.82) is 10.8 Å². The van der Waals surface area contributed by atoms with Crippen molar-refractivity contribution >= 4 is 41.6 Å². The minimum Gasteiger partial charge on any atom is -0.383 e. The molecule has 0 aromatic carbocycles. The Balaban J connectivity index is 0.00000110. The molecule has 0 radical (unpaired) electrons. The van der Waals surface area contributed by atoms with Gasteiger partial charge in [-0.05, 0) is 24.6 Å². The number of hydrogen-bond acceptors (Lipinski definition) is 7. The number of nitrogen functional groups attached to an aromatic ring is 1. The standard InChI is InChI=1S/C17H19ClF3N5O.C2H4N2/c1-3-12(9-24-14-5-4-11(18)8-23-14)26(2)16(27)13-6-10(17(19,20)21)7-25-15(13)22;3-1-2-4/h4-8,12H,3,9H2,1-2H3,(H2,22,25)(H,23,24);1-4H.